The predicted molar refractivity (Wildman–Crippen MR) is 133 cm³/mol. The lowest BCUT2D eigenvalue weighted by Crippen LogP contribution is -2.40. The first-order valence-electron chi connectivity index (χ1n) is 10.6. The molecule has 0 spiro atoms. The van der Waals surface area contributed by atoms with E-state index in [0.29, 0.717) is 5.75 Å². The maximum Gasteiger partial charge on any atom is 0.264 e. The van der Waals surface area contributed by atoms with Gasteiger partial charge in [-0.25, -0.2) is 12.8 Å². The molecule has 34 heavy (non-hydrogen) atoms. The maximum absolute atomic E-state index is 13.9. The molecule has 0 radical (unpaired) electrons. The van der Waals surface area contributed by atoms with Crippen molar-refractivity contribution in [3.63, 3.8) is 0 Å². The van der Waals surface area contributed by atoms with Crippen LogP contribution in [0.5, 0.6) is 5.75 Å². The van der Waals surface area contributed by atoms with E-state index in [0.717, 1.165) is 20.8 Å². The fourth-order valence-corrected chi connectivity index (χ4v) is 5.03. The lowest BCUT2D eigenvalue weighted by Gasteiger charge is -2.24. The van der Waals surface area contributed by atoms with Crippen LogP contribution in [-0.4, -0.2) is 33.2 Å². The molecule has 0 aliphatic heterocycles. The van der Waals surface area contributed by atoms with Crippen molar-refractivity contribution in [3.05, 3.63) is 84.2 Å². The summed E-state index contributed by atoms with van der Waals surface area (Å²) in [7, 11) is -4.12. The number of sulfonamides is 1. The molecular formula is C25H27FN2O4S2. The van der Waals surface area contributed by atoms with Gasteiger partial charge in [-0.2, -0.15) is 0 Å². The first kappa shape index (κ1) is 25.6. The number of hydrogen-bond donors (Lipinski definition) is 1. The molecule has 180 valence electrons. The Labute approximate surface area is 204 Å². The van der Waals surface area contributed by atoms with Crippen LogP contribution in [0.1, 0.15) is 19.4 Å². The molecule has 0 saturated carbocycles. The van der Waals surface area contributed by atoms with Gasteiger partial charge in [0.1, 0.15) is 18.1 Å². The molecule has 3 aromatic carbocycles. The first-order chi connectivity index (χ1) is 16.2. The molecule has 0 fully saturated rings. The molecule has 0 heterocycles. The van der Waals surface area contributed by atoms with Gasteiger partial charge in [0.2, 0.25) is 5.91 Å². The van der Waals surface area contributed by atoms with Crippen LogP contribution in [0.4, 0.5) is 10.1 Å². The zero-order valence-electron chi connectivity index (χ0n) is 19.2. The van der Waals surface area contributed by atoms with E-state index in [1.54, 1.807) is 12.1 Å². The summed E-state index contributed by atoms with van der Waals surface area (Å²) >= 11 is 1.48. The highest BCUT2D eigenvalue weighted by Crippen LogP contribution is 2.26. The molecule has 3 aromatic rings. The summed E-state index contributed by atoms with van der Waals surface area (Å²) in [5, 5.41) is 2.74. The van der Waals surface area contributed by atoms with Crippen molar-refractivity contribution in [3.8, 4) is 5.75 Å². The summed E-state index contributed by atoms with van der Waals surface area (Å²) in [6.07, 6.45) is 1.90. The monoisotopic (exact) mass is 502 g/mol. The van der Waals surface area contributed by atoms with Gasteiger partial charge in [-0.05, 0) is 80.3 Å². The topological polar surface area (TPSA) is 75.7 Å². The Bertz CT molecular complexity index is 1230. The van der Waals surface area contributed by atoms with Gasteiger partial charge in [-0.1, -0.05) is 18.2 Å². The molecule has 0 aliphatic carbocycles. The van der Waals surface area contributed by atoms with Crippen molar-refractivity contribution >= 4 is 33.4 Å². The van der Waals surface area contributed by atoms with Crippen molar-refractivity contribution in [1.29, 1.82) is 0 Å². The van der Waals surface area contributed by atoms with Crippen LogP contribution in [0.2, 0.25) is 0 Å². The molecule has 0 unspecified atom stereocenters. The second-order valence-corrected chi connectivity index (χ2v) is 10.5. The van der Waals surface area contributed by atoms with Crippen molar-refractivity contribution in [2.24, 2.45) is 0 Å². The van der Waals surface area contributed by atoms with Crippen molar-refractivity contribution < 1.29 is 22.3 Å². The van der Waals surface area contributed by atoms with Gasteiger partial charge in [0.25, 0.3) is 10.0 Å². The summed E-state index contributed by atoms with van der Waals surface area (Å²) in [5.41, 5.74) is 0.871. The summed E-state index contributed by atoms with van der Waals surface area (Å²) in [6, 6.07) is 18.8. The van der Waals surface area contributed by atoms with E-state index in [2.05, 4.69) is 5.32 Å². The molecule has 1 amide bonds. The quantitative estimate of drug-likeness (QED) is 0.401. The standard InChI is InChI=1S/C25H27FN2O4S2/c1-18(2)32-22-9-4-6-19(14-22)16-27-25(29)17-28(21-8-5-7-20(26)15-21)34(30,31)24-12-10-23(33-3)11-13-24/h4-15,18H,16-17H2,1-3H3,(H,27,29). The summed E-state index contributed by atoms with van der Waals surface area (Å²) in [4.78, 5) is 13.7. The molecule has 0 aromatic heterocycles. The number of ether oxygens (including phenoxy) is 1. The molecule has 0 bridgehead atoms. The Morgan fingerprint density at radius 1 is 1.06 bits per heavy atom. The second-order valence-electron chi connectivity index (χ2n) is 7.76. The van der Waals surface area contributed by atoms with Crippen LogP contribution in [0.3, 0.4) is 0 Å². The minimum absolute atomic E-state index is 0.0138. The molecule has 1 N–H and O–H groups in total. The predicted octanol–water partition coefficient (Wildman–Crippen LogP) is 4.85. The van der Waals surface area contributed by atoms with E-state index in [1.807, 2.05) is 44.4 Å². The highest BCUT2D eigenvalue weighted by atomic mass is 32.2. The van der Waals surface area contributed by atoms with Crippen LogP contribution in [0.25, 0.3) is 0 Å². The largest absolute Gasteiger partial charge is 0.491 e. The third-order valence-corrected chi connectivity index (χ3v) is 7.32. The number of carbonyl (C=O) groups excluding carboxylic acids is 1. The number of amides is 1. The Balaban J connectivity index is 1.81. The summed E-state index contributed by atoms with van der Waals surface area (Å²) in [5.74, 6) is -0.444. The van der Waals surface area contributed by atoms with Crippen molar-refractivity contribution in [2.45, 2.75) is 36.3 Å². The van der Waals surface area contributed by atoms with Crippen LogP contribution >= 0.6 is 11.8 Å². The van der Waals surface area contributed by atoms with Crippen LogP contribution in [0, 0.1) is 5.82 Å². The highest BCUT2D eigenvalue weighted by Gasteiger charge is 2.27. The van der Waals surface area contributed by atoms with Crippen LogP contribution in [0.15, 0.2) is 82.6 Å². The van der Waals surface area contributed by atoms with Gasteiger partial charge < -0.3 is 10.1 Å². The Hall–Kier alpha value is -3.04. The van der Waals surface area contributed by atoms with E-state index in [4.69, 9.17) is 4.74 Å². The number of hydrogen-bond acceptors (Lipinski definition) is 5. The second kappa shape index (κ2) is 11.4. The third kappa shape index (κ3) is 6.74. The number of rotatable bonds is 10. The van der Waals surface area contributed by atoms with Crippen molar-refractivity contribution in [2.75, 3.05) is 17.1 Å². The van der Waals surface area contributed by atoms with Gasteiger partial charge in [-0.15, -0.1) is 11.8 Å². The molecule has 3 rings (SSSR count). The minimum Gasteiger partial charge on any atom is -0.491 e. The van der Waals surface area contributed by atoms with Crippen molar-refractivity contribution in [1.82, 2.24) is 5.32 Å². The average Bonchev–Trinajstić information content (AvgIpc) is 2.81. The average molecular weight is 503 g/mol. The fraction of sp³-hybridized carbons (Fsp3) is 0.240. The summed E-state index contributed by atoms with van der Waals surface area (Å²) in [6.45, 7) is 3.53. The van der Waals surface area contributed by atoms with Crippen LogP contribution < -0.4 is 14.4 Å². The normalized spacial score (nSPS) is 11.3. The maximum atomic E-state index is 13.9. The molecule has 0 atom stereocenters. The van der Waals surface area contributed by atoms with Gasteiger partial charge >= 0.3 is 0 Å². The SMILES string of the molecule is CSc1ccc(S(=O)(=O)N(CC(=O)NCc2cccc(OC(C)C)c2)c2cccc(F)c2)cc1. The molecule has 6 nitrogen and oxygen atoms in total. The molecule has 0 aliphatic rings. The Kier molecular flexibility index (Phi) is 8.57. The molecule has 0 saturated heterocycles. The van der Waals surface area contributed by atoms with E-state index >= 15 is 0 Å². The van der Waals surface area contributed by atoms with Gasteiger partial charge in [-0.3, -0.25) is 9.10 Å². The number of benzene rings is 3. The van der Waals surface area contributed by atoms with E-state index in [-0.39, 0.29) is 23.2 Å². The van der Waals surface area contributed by atoms with E-state index < -0.39 is 28.3 Å². The fourth-order valence-electron chi connectivity index (χ4n) is 3.21. The van der Waals surface area contributed by atoms with Crippen LogP contribution in [-0.2, 0) is 21.4 Å². The first-order valence-corrected chi connectivity index (χ1v) is 13.3. The number of carbonyl (C=O) groups is 1. The number of thioether (sulfide) groups is 1. The smallest absolute Gasteiger partial charge is 0.264 e. The number of nitrogens with zero attached hydrogens (tertiary/aromatic N) is 1. The molecule has 9 heteroatoms. The number of anilines is 1. The van der Waals surface area contributed by atoms with Gasteiger partial charge in [0.15, 0.2) is 0 Å². The van der Waals surface area contributed by atoms with Gasteiger partial charge in [0, 0.05) is 11.4 Å². The third-order valence-electron chi connectivity index (χ3n) is 4.79. The summed E-state index contributed by atoms with van der Waals surface area (Å²) < 4.78 is 47.3. The Morgan fingerprint density at radius 2 is 1.76 bits per heavy atom. The lowest BCUT2D eigenvalue weighted by molar-refractivity contribution is -0.119. The minimum atomic E-state index is -4.12. The Morgan fingerprint density at radius 3 is 2.41 bits per heavy atom. The highest BCUT2D eigenvalue weighted by molar-refractivity contribution is 7.98. The van der Waals surface area contributed by atoms with E-state index in [1.165, 1.54) is 42.1 Å². The number of halogens is 1. The zero-order chi connectivity index (χ0) is 24.7. The lowest BCUT2D eigenvalue weighted by atomic mass is 10.2. The zero-order valence-corrected chi connectivity index (χ0v) is 20.8. The van der Waals surface area contributed by atoms with Gasteiger partial charge in [0.05, 0.1) is 16.7 Å². The van der Waals surface area contributed by atoms with E-state index in [9.17, 15) is 17.6 Å². The molecular weight excluding hydrogens is 475 g/mol. The number of nitrogens with one attached hydrogen (secondary N) is 1.